The van der Waals surface area contributed by atoms with Gasteiger partial charge in [0, 0.05) is 11.6 Å². The van der Waals surface area contributed by atoms with Crippen molar-refractivity contribution in [3.8, 4) is 29.1 Å². The van der Waals surface area contributed by atoms with Gasteiger partial charge in [-0.05, 0) is 48.0 Å². The molecule has 2 N–H and O–H groups in total. The van der Waals surface area contributed by atoms with E-state index in [0.29, 0.717) is 29.4 Å². The molecule has 7 nitrogen and oxygen atoms in total. The van der Waals surface area contributed by atoms with Gasteiger partial charge in [0.1, 0.15) is 35.6 Å². The molecule has 0 radical (unpaired) electrons. The van der Waals surface area contributed by atoms with Crippen molar-refractivity contribution in [2.45, 2.75) is 5.92 Å². The number of fused-ring (bicyclic) bond motifs is 1. The fourth-order valence-electron chi connectivity index (χ4n) is 3.73. The molecule has 4 rings (SSSR count). The molecule has 1 aliphatic heterocycles. The maximum absolute atomic E-state index is 13.1. The van der Waals surface area contributed by atoms with Gasteiger partial charge in [0.2, 0.25) is 5.88 Å². The summed E-state index contributed by atoms with van der Waals surface area (Å²) in [7, 11) is 1.52. The van der Waals surface area contributed by atoms with Gasteiger partial charge in [0.25, 0.3) is 0 Å². The van der Waals surface area contributed by atoms with E-state index in [1.807, 2.05) is 6.07 Å². The van der Waals surface area contributed by atoms with Crippen LogP contribution < -0.4 is 24.7 Å². The minimum Gasteiger partial charge on any atom is -0.493 e. The third-order valence-corrected chi connectivity index (χ3v) is 5.36. The van der Waals surface area contributed by atoms with Crippen molar-refractivity contribution in [2.24, 2.45) is 5.73 Å². The molecule has 3 aromatic rings. The van der Waals surface area contributed by atoms with Crippen molar-refractivity contribution in [3.63, 3.8) is 0 Å². The standard InChI is InChI=1S/C27H21FN2O5/c1-3-12-33-22-11-6-17(13-24(22)32-2)25-20-10-9-19(14-23(20)35-26(30)21(25)15-29)34-27(31)16-4-7-18(28)8-5-16/h3-11,13-14,25H,1,12,30H2,2H3. The van der Waals surface area contributed by atoms with E-state index < -0.39 is 17.7 Å². The molecule has 1 unspecified atom stereocenters. The van der Waals surface area contributed by atoms with Crippen LogP contribution in [0.25, 0.3) is 0 Å². The largest absolute Gasteiger partial charge is 0.493 e. The van der Waals surface area contributed by atoms with Crippen LogP contribution in [-0.2, 0) is 0 Å². The maximum Gasteiger partial charge on any atom is 0.343 e. The molecule has 0 aliphatic carbocycles. The highest BCUT2D eigenvalue weighted by molar-refractivity contribution is 5.91. The minimum atomic E-state index is -0.654. The number of halogens is 1. The van der Waals surface area contributed by atoms with Crippen LogP contribution >= 0.6 is 0 Å². The van der Waals surface area contributed by atoms with E-state index in [1.165, 1.54) is 37.4 Å². The van der Waals surface area contributed by atoms with Gasteiger partial charge < -0.3 is 24.7 Å². The van der Waals surface area contributed by atoms with Crippen LogP contribution in [-0.4, -0.2) is 19.7 Å². The first-order valence-corrected chi connectivity index (χ1v) is 10.6. The van der Waals surface area contributed by atoms with Crippen molar-refractivity contribution in [3.05, 3.63) is 107 Å². The summed E-state index contributed by atoms with van der Waals surface area (Å²) in [6, 6.07) is 17.3. The van der Waals surface area contributed by atoms with Crippen molar-refractivity contribution in [1.29, 1.82) is 5.26 Å². The number of benzene rings is 3. The number of hydrogen-bond acceptors (Lipinski definition) is 7. The first-order chi connectivity index (χ1) is 16.9. The van der Waals surface area contributed by atoms with Gasteiger partial charge in [-0.15, -0.1) is 0 Å². The highest BCUT2D eigenvalue weighted by Crippen LogP contribution is 2.45. The lowest BCUT2D eigenvalue weighted by molar-refractivity contribution is 0.0734. The zero-order valence-corrected chi connectivity index (χ0v) is 18.8. The number of allylic oxidation sites excluding steroid dienone is 1. The summed E-state index contributed by atoms with van der Waals surface area (Å²) in [4.78, 5) is 12.4. The number of ether oxygens (including phenoxy) is 4. The quantitative estimate of drug-likeness (QED) is 0.298. The summed E-state index contributed by atoms with van der Waals surface area (Å²) in [5.74, 6) is -0.163. The zero-order valence-electron chi connectivity index (χ0n) is 18.8. The summed E-state index contributed by atoms with van der Waals surface area (Å²) < 4.78 is 35.3. The maximum atomic E-state index is 13.1. The Bertz CT molecular complexity index is 1360. The van der Waals surface area contributed by atoms with Gasteiger partial charge in [0.05, 0.1) is 18.6 Å². The summed E-state index contributed by atoms with van der Waals surface area (Å²) in [6.07, 6.45) is 1.62. The monoisotopic (exact) mass is 472 g/mol. The van der Waals surface area contributed by atoms with Crippen LogP contribution in [0.1, 0.15) is 27.4 Å². The molecule has 176 valence electrons. The summed E-state index contributed by atoms with van der Waals surface area (Å²) >= 11 is 0. The molecule has 0 spiro atoms. The van der Waals surface area contributed by atoms with Gasteiger partial charge >= 0.3 is 5.97 Å². The number of esters is 1. The Kier molecular flexibility index (Phi) is 6.69. The van der Waals surface area contributed by atoms with E-state index in [0.717, 1.165) is 5.56 Å². The molecule has 8 heteroatoms. The van der Waals surface area contributed by atoms with Gasteiger partial charge in [-0.3, -0.25) is 0 Å². The summed E-state index contributed by atoms with van der Waals surface area (Å²) in [6.45, 7) is 3.95. The van der Waals surface area contributed by atoms with Crippen molar-refractivity contribution in [2.75, 3.05) is 13.7 Å². The molecule has 35 heavy (non-hydrogen) atoms. The topological polar surface area (TPSA) is 104 Å². The highest BCUT2D eigenvalue weighted by atomic mass is 19.1. The fraction of sp³-hybridized carbons (Fsp3) is 0.111. The predicted molar refractivity (Wildman–Crippen MR) is 126 cm³/mol. The molecule has 0 aromatic heterocycles. The van der Waals surface area contributed by atoms with Crippen LogP contribution in [0.15, 0.2) is 84.8 Å². The molecule has 1 heterocycles. The highest BCUT2D eigenvalue weighted by Gasteiger charge is 2.31. The Morgan fingerprint density at radius 2 is 1.94 bits per heavy atom. The molecule has 0 saturated carbocycles. The Balaban J connectivity index is 1.69. The van der Waals surface area contributed by atoms with E-state index in [9.17, 15) is 14.4 Å². The molecule has 1 atom stereocenters. The van der Waals surface area contributed by atoms with Crippen molar-refractivity contribution in [1.82, 2.24) is 0 Å². The second-order valence-corrected chi connectivity index (χ2v) is 7.53. The molecule has 1 aliphatic rings. The average molecular weight is 472 g/mol. The first kappa shape index (κ1) is 23.4. The molecule has 0 saturated heterocycles. The SMILES string of the molecule is C=CCOc1ccc(C2C(C#N)=C(N)Oc3cc(OC(=O)c4ccc(F)cc4)ccc32)cc1OC. The van der Waals surface area contributed by atoms with Crippen LogP contribution in [0.3, 0.4) is 0 Å². The van der Waals surface area contributed by atoms with E-state index in [2.05, 4.69) is 12.6 Å². The lowest BCUT2D eigenvalue weighted by atomic mass is 9.83. The lowest BCUT2D eigenvalue weighted by Gasteiger charge is -2.27. The lowest BCUT2D eigenvalue weighted by Crippen LogP contribution is -2.21. The Morgan fingerprint density at radius 3 is 2.63 bits per heavy atom. The number of nitrogens with two attached hydrogens (primary N) is 1. The first-order valence-electron chi connectivity index (χ1n) is 10.6. The number of hydrogen-bond donors (Lipinski definition) is 1. The number of carbonyl (C=O) groups is 1. The molecular formula is C27H21FN2O5. The van der Waals surface area contributed by atoms with Crippen LogP contribution in [0.2, 0.25) is 0 Å². The average Bonchev–Trinajstić information content (AvgIpc) is 2.86. The predicted octanol–water partition coefficient (Wildman–Crippen LogP) is 4.84. The Labute approximate surface area is 201 Å². The molecule has 0 amide bonds. The number of nitrogens with zero attached hydrogens (tertiary/aromatic N) is 1. The fourth-order valence-corrected chi connectivity index (χ4v) is 3.73. The zero-order chi connectivity index (χ0) is 24.9. The second-order valence-electron chi connectivity index (χ2n) is 7.53. The normalized spacial score (nSPS) is 14.3. The molecule has 0 fully saturated rings. The van der Waals surface area contributed by atoms with E-state index in [-0.39, 0.29) is 22.8 Å². The van der Waals surface area contributed by atoms with E-state index >= 15 is 0 Å². The van der Waals surface area contributed by atoms with Crippen molar-refractivity contribution >= 4 is 5.97 Å². The number of nitriles is 1. The van der Waals surface area contributed by atoms with Gasteiger partial charge in [-0.1, -0.05) is 24.8 Å². The van der Waals surface area contributed by atoms with Gasteiger partial charge in [-0.25, -0.2) is 9.18 Å². The van der Waals surface area contributed by atoms with Gasteiger partial charge in [0.15, 0.2) is 11.5 Å². The van der Waals surface area contributed by atoms with Crippen LogP contribution in [0, 0.1) is 17.1 Å². The number of methoxy groups -OCH3 is 1. The van der Waals surface area contributed by atoms with Crippen molar-refractivity contribution < 1.29 is 28.1 Å². The Morgan fingerprint density at radius 1 is 1.17 bits per heavy atom. The van der Waals surface area contributed by atoms with Crippen LogP contribution in [0.5, 0.6) is 23.0 Å². The smallest absolute Gasteiger partial charge is 0.343 e. The van der Waals surface area contributed by atoms with E-state index in [4.69, 9.17) is 24.7 Å². The second kappa shape index (κ2) is 10.0. The molecular weight excluding hydrogens is 451 g/mol. The summed E-state index contributed by atoms with van der Waals surface area (Å²) in [5.41, 5.74) is 7.89. The van der Waals surface area contributed by atoms with Gasteiger partial charge in [-0.2, -0.15) is 5.26 Å². The third kappa shape index (κ3) is 4.80. The minimum absolute atomic E-state index is 0.0574. The third-order valence-electron chi connectivity index (χ3n) is 5.36. The Hall–Kier alpha value is -4.77. The molecule has 3 aromatic carbocycles. The number of rotatable bonds is 7. The molecule has 0 bridgehead atoms. The van der Waals surface area contributed by atoms with E-state index in [1.54, 1.807) is 30.3 Å². The number of carbonyl (C=O) groups excluding carboxylic acids is 1. The van der Waals surface area contributed by atoms with Crippen LogP contribution in [0.4, 0.5) is 4.39 Å². The summed E-state index contributed by atoms with van der Waals surface area (Å²) in [5, 5.41) is 9.80.